The lowest BCUT2D eigenvalue weighted by Crippen LogP contribution is -2.53. The van der Waals surface area contributed by atoms with Crippen molar-refractivity contribution in [1.82, 2.24) is 25.5 Å². The van der Waals surface area contributed by atoms with Gasteiger partial charge in [0.15, 0.2) is 0 Å². The summed E-state index contributed by atoms with van der Waals surface area (Å²) in [5.74, 6) is -1.20. The number of halogens is 1. The Morgan fingerprint density at radius 1 is 1.02 bits per heavy atom. The van der Waals surface area contributed by atoms with Crippen LogP contribution in [-0.2, 0) is 16.1 Å². The number of benzene rings is 2. The Hall–Kier alpha value is -3.63. The molecule has 0 bridgehead atoms. The van der Waals surface area contributed by atoms with Crippen LogP contribution in [0.4, 0.5) is 4.39 Å². The third-order valence-corrected chi connectivity index (χ3v) is 8.07. The van der Waals surface area contributed by atoms with E-state index in [-0.39, 0.29) is 23.1 Å². The van der Waals surface area contributed by atoms with Crippen LogP contribution in [0.2, 0.25) is 0 Å². The molecular formula is C31H38FN5O4. The highest BCUT2D eigenvalue weighted by Crippen LogP contribution is 2.26. The summed E-state index contributed by atoms with van der Waals surface area (Å²) >= 11 is 0. The number of fused-ring (bicyclic) bond motifs is 1. The number of amides is 1. The number of carbonyl (C=O) groups excluding carboxylic acids is 2. The predicted octanol–water partition coefficient (Wildman–Crippen LogP) is 3.82. The normalized spacial score (nSPS) is 20.6. The second-order valence-corrected chi connectivity index (χ2v) is 12.1. The van der Waals surface area contributed by atoms with Crippen molar-refractivity contribution >= 4 is 22.6 Å². The van der Waals surface area contributed by atoms with Crippen LogP contribution in [0.25, 0.3) is 10.8 Å². The summed E-state index contributed by atoms with van der Waals surface area (Å²) < 4.78 is 14.7. The van der Waals surface area contributed by atoms with Crippen LogP contribution >= 0.6 is 0 Å². The highest BCUT2D eigenvalue weighted by molar-refractivity contribution is 5.95. The number of rotatable bonds is 6. The van der Waals surface area contributed by atoms with Crippen LogP contribution < -0.4 is 10.9 Å². The molecule has 0 unspecified atom stereocenters. The van der Waals surface area contributed by atoms with Crippen molar-refractivity contribution in [3.8, 4) is 0 Å². The molecule has 0 radical (unpaired) electrons. The molecule has 1 aromatic heterocycles. The maximum absolute atomic E-state index is 14.7. The van der Waals surface area contributed by atoms with Gasteiger partial charge in [0.05, 0.1) is 22.1 Å². The number of aromatic amines is 1. The number of carbonyl (C=O) groups is 2. The second-order valence-electron chi connectivity index (χ2n) is 12.1. The van der Waals surface area contributed by atoms with Gasteiger partial charge in [-0.25, -0.2) is 14.3 Å². The Morgan fingerprint density at radius 3 is 2.39 bits per heavy atom. The molecule has 2 aromatic carbocycles. The van der Waals surface area contributed by atoms with E-state index >= 15 is 0 Å². The molecule has 2 heterocycles. The van der Waals surface area contributed by atoms with Crippen LogP contribution in [0.15, 0.2) is 47.3 Å². The maximum Gasteiger partial charge on any atom is 0.330 e. The van der Waals surface area contributed by atoms with Crippen molar-refractivity contribution in [1.29, 1.82) is 0 Å². The van der Waals surface area contributed by atoms with E-state index in [4.69, 9.17) is 4.84 Å². The van der Waals surface area contributed by atoms with Crippen LogP contribution in [0.5, 0.6) is 0 Å². The molecule has 3 aromatic rings. The average molecular weight is 564 g/mol. The molecule has 10 heteroatoms. The Balaban J connectivity index is 1.14. The number of piperazine rings is 1. The number of aromatic nitrogens is 2. The average Bonchev–Trinajstić information content (AvgIpc) is 2.96. The third-order valence-electron chi connectivity index (χ3n) is 8.07. The number of H-pyrrole nitrogens is 1. The second kappa shape index (κ2) is 12.1. The highest BCUT2D eigenvalue weighted by Gasteiger charge is 2.32. The van der Waals surface area contributed by atoms with Crippen molar-refractivity contribution < 1.29 is 18.8 Å². The van der Waals surface area contributed by atoms with Gasteiger partial charge in [-0.3, -0.25) is 14.5 Å². The molecule has 41 heavy (non-hydrogen) atoms. The topological polar surface area (TPSA) is 108 Å². The van der Waals surface area contributed by atoms with Crippen LogP contribution in [0, 0.1) is 11.2 Å². The highest BCUT2D eigenvalue weighted by atomic mass is 19.1. The lowest BCUT2D eigenvalue weighted by atomic mass is 9.89. The van der Waals surface area contributed by atoms with E-state index in [9.17, 15) is 18.8 Å². The molecule has 1 amide bonds. The van der Waals surface area contributed by atoms with Gasteiger partial charge in [-0.1, -0.05) is 24.3 Å². The van der Waals surface area contributed by atoms with E-state index in [1.54, 1.807) is 29.3 Å². The van der Waals surface area contributed by atoms with Gasteiger partial charge in [0.1, 0.15) is 5.82 Å². The summed E-state index contributed by atoms with van der Waals surface area (Å²) in [5.41, 5.74) is 0.614. The van der Waals surface area contributed by atoms with Gasteiger partial charge in [-0.15, -0.1) is 5.06 Å². The summed E-state index contributed by atoms with van der Waals surface area (Å²) in [6.07, 6.45) is 3.89. The van der Waals surface area contributed by atoms with Crippen molar-refractivity contribution in [2.75, 3.05) is 26.2 Å². The largest absolute Gasteiger partial charge is 0.367 e. The monoisotopic (exact) mass is 563 g/mol. The van der Waals surface area contributed by atoms with Crippen LogP contribution in [-0.4, -0.2) is 70.3 Å². The summed E-state index contributed by atoms with van der Waals surface area (Å²) in [5, 5.41) is 12.8. The van der Waals surface area contributed by atoms with Crippen molar-refractivity contribution in [3.63, 3.8) is 0 Å². The zero-order chi connectivity index (χ0) is 29.1. The quantitative estimate of drug-likeness (QED) is 0.470. The first kappa shape index (κ1) is 28.9. The molecule has 9 nitrogen and oxygen atoms in total. The molecule has 1 saturated heterocycles. The number of hydrogen-bond acceptors (Lipinski definition) is 7. The Labute approximate surface area is 239 Å². The third kappa shape index (κ3) is 6.82. The number of hydrogen-bond donors (Lipinski definition) is 2. The first-order chi connectivity index (χ1) is 19.6. The Morgan fingerprint density at radius 2 is 1.71 bits per heavy atom. The fraction of sp³-hybridized carbons (Fsp3) is 0.484. The zero-order valence-corrected chi connectivity index (χ0v) is 23.9. The number of nitrogens with zero attached hydrogens (tertiary/aromatic N) is 3. The van der Waals surface area contributed by atoms with Crippen molar-refractivity contribution in [2.24, 2.45) is 5.41 Å². The molecule has 2 N–H and O–H groups in total. The fourth-order valence-electron chi connectivity index (χ4n) is 5.62. The van der Waals surface area contributed by atoms with Gasteiger partial charge in [0.2, 0.25) is 0 Å². The molecule has 5 rings (SSSR count). The van der Waals surface area contributed by atoms with Crippen molar-refractivity contribution in [2.45, 2.75) is 65.0 Å². The van der Waals surface area contributed by atoms with E-state index in [1.807, 2.05) is 32.9 Å². The lowest BCUT2D eigenvalue weighted by Gasteiger charge is -2.41. The maximum atomic E-state index is 14.7. The minimum atomic E-state index is -0.566. The molecular weight excluding hydrogens is 525 g/mol. The Bertz CT molecular complexity index is 1470. The zero-order valence-electron chi connectivity index (χ0n) is 23.9. The van der Waals surface area contributed by atoms with Gasteiger partial charge >= 0.3 is 5.97 Å². The Kier molecular flexibility index (Phi) is 8.51. The van der Waals surface area contributed by atoms with Gasteiger partial charge in [-0.2, -0.15) is 5.10 Å². The minimum absolute atomic E-state index is 0.0132. The molecule has 0 atom stereocenters. The lowest BCUT2D eigenvalue weighted by molar-refractivity contribution is -0.208. The van der Waals surface area contributed by atoms with Crippen LogP contribution in [0.1, 0.15) is 68.1 Å². The molecule has 2 fully saturated rings. The smallest absolute Gasteiger partial charge is 0.330 e. The van der Waals surface area contributed by atoms with E-state index < -0.39 is 17.1 Å². The SMILES string of the molecule is CC(C)(C)C(=O)ON1CCN(C2CCC(NC(=O)c3cc(Cc4n[nH]c(=O)c5ccccc45)ccc3F)CC2)CC1. The molecule has 2 aliphatic rings. The fourth-order valence-corrected chi connectivity index (χ4v) is 5.62. The summed E-state index contributed by atoms with van der Waals surface area (Å²) in [4.78, 5) is 45.4. The molecule has 0 spiro atoms. The number of hydroxylamine groups is 2. The molecule has 1 aliphatic carbocycles. The molecule has 218 valence electrons. The summed E-state index contributed by atoms with van der Waals surface area (Å²) in [6, 6.07) is 12.1. The van der Waals surface area contributed by atoms with E-state index in [0.717, 1.165) is 49.7 Å². The summed E-state index contributed by atoms with van der Waals surface area (Å²) in [6.45, 7) is 8.56. The summed E-state index contributed by atoms with van der Waals surface area (Å²) in [7, 11) is 0. The molecule has 1 aliphatic heterocycles. The molecule has 1 saturated carbocycles. The van der Waals surface area contributed by atoms with E-state index in [0.29, 0.717) is 36.6 Å². The van der Waals surface area contributed by atoms with E-state index in [1.165, 1.54) is 6.07 Å². The minimum Gasteiger partial charge on any atom is -0.367 e. The standard InChI is InChI=1S/C31H38FN5O4/c1-31(2,3)30(40)41-37-16-14-36(15-17-37)22-11-9-21(10-12-22)33-28(38)25-18-20(8-13-26(25)32)19-27-23-6-4-5-7-24(23)29(39)35-34-27/h4-8,13,18,21-22H,9-12,14-17,19H2,1-3H3,(H,33,38)(H,35,39). The predicted molar refractivity (Wildman–Crippen MR) is 154 cm³/mol. The van der Waals surface area contributed by atoms with Gasteiger partial charge in [-0.05, 0) is 70.2 Å². The first-order valence-corrected chi connectivity index (χ1v) is 14.4. The van der Waals surface area contributed by atoms with Crippen molar-refractivity contribution in [3.05, 3.63) is 75.5 Å². The first-order valence-electron chi connectivity index (χ1n) is 14.4. The van der Waals surface area contributed by atoms with Gasteiger partial charge < -0.3 is 10.2 Å². The van der Waals surface area contributed by atoms with Gasteiger partial charge in [0, 0.05) is 50.1 Å². The number of nitrogens with one attached hydrogen (secondary N) is 2. The van der Waals surface area contributed by atoms with E-state index in [2.05, 4.69) is 20.4 Å². The van der Waals surface area contributed by atoms with Gasteiger partial charge in [0.25, 0.3) is 11.5 Å². The van der Waals surface area contributed by atoms with Crippen LogP contribution in [0.3, 0.4) is 0 Å².